The Labute approximate surface area is 116 Å². The summed E-state index contributed by atoms with van der Waals surface area (Å²) < 4.78 is 0. The van der Waals surface area contributed by atoms with Crippen LogP contribution in [0.2, 0.25) is 0 Å². The molecule has 2 saturated carbocycles. The largest absolute Gasteiger partial charge is 0.389 e. The van der Waals surface area contributed by atoms with Crippen molar-refractivity contribution in [2.24, 2.45) is 0 Å². The zero-order chi connectivity index (χ0) is 12.8. The Bertz CT molecular complexity index is 239. The van der Waals surface area contributed by atoms with Crippen molar-refractivity contribution in [1.82, 2.24) is 5.32 Å². The summed E-state index contributed by atoms with van der Waals surface area (Å²) in [5.41, 5.74) is -0.416. The van der Waals surface area contributed by atoms with Gasteiger partial charge in [-0.05, 0) is 31.4 Å². The summed E-state index contributed by atoms with van der Waals surface area (Å²) in [5, 5.41) is 15.1. The Morgan fingerprint density at radius 1 is 1.11 bits per heavy atom. The second-order valence-corrected chi connectivity index (χ2v) is 7.57. The predicted octanol–water partition coefficient (Wildman–Crippen LogP) is 3.34. The molecule has 0 radical (unpaired) electrons. The molecule has 0 aromatic carbocycles. The van der Waals surface area contributed by atoms with Crippen LogP contribution in [0.1, 0.15) is 64.7 Å². The van der Waals surface area contributed by atoms with E-state index in [1.54, 1.807) is 0 Å². The van der Waals surface area contributed by atoms with Crippen molar-refractivity contribution in [3.05, 3.63) is 0 Å². The second kappa shape index (κ2) is 7.16. The number of thioether (sulfide) groups is 1. The standard InChI is InChI=1S/C15H29NOS/c1-2-18-14-9-7-8-13(14)16-12-15(17)10-5-3-4-6-11-15/h13-14,16-17H,2-12H2,1H3. The highest BCUT2D eigenvalue weighted by atomic mass is 32.2. The zero-order valence-electron chi connectivity index (χ0n) is 11.8. The molecule has 0 bridgehead atoms. The number of hydrogen-bond acceptors (Lipinski definition) is 3. The molecular formula is C15H29NOS. The van der Waals surface area contributed by atoms with E-state index in [1.807, 2.05) is 0 Å². The lowest BCUT2D eigenvalue weighted by molar-refractivity contribution is 0.0230. The van der Waals surface area contributed by atoms with E-state index in [0.29, 0.717) is 6.04 Å². The van der Waals surface area contributed by atoms with Crippen LogP contribution in [-0.2, 0) is 0 Å². The molecule has 0 aromatic rings. The second-order valence-electron chi connectivity index (χ2n) is 6.05. The van der Waals surface area contributed by atoms with Crippen molar-refractivity contribution in [2.45, 2.75) is 81.6 Å². The number of hydrogen-bond donors (Lipinski definition) is 2. The van der Waals surface area contributed by atoms with Gasteiger partial charge in [-0.2, -0.15) is 11.8 Å². The summed E-state index contributed by atoms with van der Waals surface area (Å²) in [4.78, 5) is 0. The van der Waals surface area contributed by atoms with Crippen LogP contribution >= 0.6 is 11.8 Å². The maximum Gasteiger partial charge on any atom is 0.0771 e. The molecule has 0 aromatic heterocycles. The fourth-order valence-electron chi connectivity index (χ4n) is 3.46. The van der Waals surface area contributed by atoms with Gasteiger partial charge in [0.25, 0.3) is 0 Å². The molecule has 2 aliphatic carbocycles. The van der Waals surface area contributed by atoms with Crippen LogP contribution in [0.25, 0.3) is 0 Å². The molecule has 0 spiro atoms. The first kappa shape index (κ1) is 14.7. The van der Waals surface area contributed by atoms with Gasteiger partial charge in [-0.15, -0.1) is 0 Å². The Hall–Kier alpha value is 0.270. The van der Waals surface area contributed by atoms with Gasteiger partial charge < -0.3 is 10.4 Å². The first-order chi connectivity index (χ1) is 8.73. The molecule has 2 N–H and O–H groups in total. The Kier molecular flexibility index (Phi) is 5.84. The van der Waals surface area contributed by atoms with E-state index in [2.05, 4.69) is 24.0 Å². The van der Waals surface area contributed by atoms with Crippen molar-refractivity contribution in [1.29, 1.82) is 0 Å². The van der Waals surface area contributed by atoms with Crippen LogP contribution in [0.3, 0.4) is 0 Å². The first-order valence-corrected chi connectivity index (χ1v) is 8.86. The third-order valence-corrected chi connectivity index (χ3v) is 5.89. The Balaban J connectivity index is 1.78. The normalized spacial score (nSPS) is 32.3. The number of nitrogens with one attached hydrogen (secondary N) is 1. The number of aliphatic hydroxyl groups is 1. The van der Waals surface area contributed by atoms with Crippen molar-refractivity contribution in [2.75, 3.05) is 12.3 Å². The SMILES string of the molecule is CCSC1CCCC1NCC1(O)CCCCCC1. The summed E-state index contributed by atoms with van der Waals surface area (Å²) in [6.07, 6.45) is 11.0. The average Bonchev–Trinajstić information content (AvgIpc) is 2.68. The Morgan fingerprint density at radius 2 is 1.83 bits per heavy atom. The van der Waals surface area contributed by atoms with E-state index in [1.165, 1.54) is 50.7 Å². The van der Waals surface area contributed by atoms with Gasteiger partial charge in [0.05, 0.1) is 5.60 Å². The monoisotopic (exact) mass is 271 g/mol. The molecule has 0 heterocycles. The smallest absolute Gasteiger partial charge is 0.0771 e. The molecule has 0 saturated heterocycles. The van der Waals surface area contributed by atoms with Crippen molar-refractivity contribution < 1.29 is 5.11 Å². The predicted molar refractivity (Wildman–Crippen MR) is 80.2 cm³/mol. The third kappa shape index (κ3) is 4.14. The van der Waals surface area contributed by atoms with Gasteiger partial charge in [0.15, 0.2) is 0 Å². The summed E-state index contributed by atoms with van der Waals surface area (Å²) in [5.74, 6) is 1.22. The topological polar surface area (TPSA) is 32.3 Å². The Morgan fingerprint density at radius 3 is 2.50 bits per heavy atom. The maximum atomic E-state index is 10.7. The molecule has 2 unspecified atom stereocenters. The fraction of sp³-hybridized carbons (Fsp3) is 1.00. The molecule has 0 amide bonds. The van der Waals surface area contributed by atoms with Crippen molar-refractivity contribution in [3.63, 3.8) is 0 Å². The highest BCUT2D eigenvalue weighted by molar-refractivity contribution is 7.99. The first-order valence-electron chi connectivity index (χ1n) is 7.81. The average molecular weight is 271 g/mol. The lowest BCUT2D eigenvalue weighted by Gasteiger charge is -2.30. The molecule has 106 valence electrons. The molecule has 2 aliphatic rings. The van der Waals surface area contributed by atoms with Gasteiger partial charge in [0.2, 0.25) is 0 Å². The minimum atomic E-state index is -0.416. The van der Waals surface area contributed by atoms with Crippen LogP contribution in [0.5, 0.6) is 0 Å². The lowest BCUT2D eigenvalue weighted by atomic mass is 9.94. The summed E-state index contributed by atoms with van der Waals surface area (Å²) in [7, 11) is 0. The zero-order valence-corrected chi connectivity index (χ0v) is 12.6. The summed E-state index contributed by atoms with van der Waals surface area (Å²) >= 11 is 2.09. The van der Waals surface area contributed by atoms with Gasteiger partial charge in [-0.25, -0.2) is 0 Å². The molecule has 18 heavy (non-hydrogen) atoms. The molecule has 2 fully saturated rings. The molecule has 0 aliphatic heterocycles. The molecule has 2 nitrogen and oxygen atoms in total. The van der Waals surface area contributed by atoms with Gasteiger partial charge in [-0.1, -0.05) is 39.0 Å². The van der Waals surface area contributed by atoms with Crippen LogP contribution in [0.4, 0.5) is 0 Å². The van der Waals surface area contributed by atoms with Crippen LogP contribution in [0, 0.1) is 0 Å². The van der Waals surface area contributed by atoms with Gasteiger partial charge in [0.1, 0.15) is 0 Å². The van der Waals surface area contributed by atoms with Crippen molar-refractivity contribution in [3.8, 4) is 0 Å². The minimum absolute atomic E-state index is 0.416. The van der Waals surface area contributed by atoms with E-state index < -0.39 is 5.60 Å². The summed E-state index contributed by atoms with van der Waals surface area (Å²) in [6.45, 7) is 3.07. The van der Waals surface area contributed by atoms with Crippen molar-refractivity contribution >= 4 is 11.8 Å². The fourth-order valence-corrected chi connectivity index (χ4v) is 4.68. The molecular weight excluding hydrogens is 242 g/mol. The van der Waals surface area contributed by atoms with E-state index >= 15 is 0 Å². The molecule has 3 heteroatoms. The van der Waals surface area contributed by atoms with Gasteiger partial charge in [0, 0.05) is 17.8 Å². The lowest BCUT2D eigenvalue weighted by Crippen LogP contribution is -2.46. The summed E-state index contributed by atoms with van der Waals surface area (Å²) in [6, 6.07) is 0.641. The van der Waals surface area contributed by atoms with Gasteiger partial charge >= 0.3 is 0 Å². The van der Waals surface area contributed by atoms with E-state index in [4.69, 9.17) is 0 Å². The highest BCUT2D eigenvalue weighted by Gasteiger charge is 2.32. The highest BCUT2D eigenvalue weighted by Crippen LogP contribution is 2.31. The maximum absolute atomic E-state index is 10.7. The minimum Gasteiger partial charge on any atom is -0.389 e. The molecule has 2 rings (SSSR count). The number of rotatable bonds is 5. The third-order valence-electron chi connectivity index (χ3n) is 4.56. The van der Waals surface area contributed by atoms with E-state index in [9.17, 15) is 5.11 Å². The van der Waals surface area contributed by atoms with E-state index in [0.717, 1.165) is 24.6 Å². The van der Waals surface area contributed by atoms with Crippen LogP contribution < -0.4 is 5.32 Å². The van der Waals surface area contributed by atoms with E-state index in [-0.39, 0.29) is 0 Å². The van der Waals surface area contributed by atoms with Gasteiger partial charge in [-0.3, -0.25) is 0 Å². The quantitative estimate of drug-likeness (QED) is 0.752. The molecule has 2 atom stereocenters. The van der Waals surface area contributed by atoms with Crippen LogP contribution in [-0.4, -0.2) is 34.3 Å². The van der Waals surface area contributed by atoms with Crippen LogP contribution in [0.15, 0.2) is 0 Å².